The summed E-state index contributed by atoms with van der Waals surface area (Å²) < 4.78 is 110. The number of nitrogens with zero attached hydrogens (tertiary/aromatic N) is 2. The quantitative estimate of drug-likeness (QED) is 0.343. The summed E-state index contributed by atoms with van der Waals surface area (Å²) in [7, 11) is -4.50. The summed E-state index contributed by atoms with van der Waals surface area (Å²) in [4.78, 5) is 1.20. The first-order chi connectivity index (χ1) is 19.7. The zero-order valence-electron chi connectivity index (χ0n) is 22.7. The minimum atomic E-state index is -4.85. The molecular weight excluding hydrogens is 582 g/mol. The molecule has 2 fully saturated rings. The molecule has 3 atom stereocenters. The van der Waals surface area contributed by atoms with Crippen molar-refractivity contribution in [2.24, 2.45) is 0 Å². The number of sulfonamides is 1. The van der Waals surface area contributed by atoms with E-state index in [1.54, 1.807) is 30.3 Å². The Morgan fingerprint density at radius 1 is 0.833 bits per heavy atom. The monoisotopic (exact) mass is 612 g/mol. The molecule has 5 nitrogen and oxygen atoms in total. The van der Waals surface area contributed by atoms with E-state index in [2.05, 4.69) is 0 Å². The van der Waals surface area contributed by atoms with Crippen LogP contribution < -0.4 is 0 Å². The van der Waals surface area contributed by atoms with Gasteiger partial charge in [0.25, 0.3) is 0 Å². The van der Waals surface area contributed by atoms with Crippen LogP contribution in [0.2, 0.25) is 0 Å². The van der Waals surface area contributed by atoms with Gasteiger partial charge in [-0.25, -0.2) is 8.42 Å². The third-order valence-corrected chi connectivity index (χ3v) is 10.3. The number of benzene rings is 3. The second kappa shape index (κ2) is 11.3. The van der Waals surface area contributed by atoms with Crippen molar-refractivity contribution in [3.05, 3.63) is 89.0 Å². The van der Waals surface area contributed by atoms with Crippen LogP contribution in [0.15, 0.2) is 71.6 Å². The van der Waals surface area contributed by atoms with Crippen LogP contribution in [0.1, 0.15) is 41.0 Å². The van der Waals surface area contributed by atoms with Gasteiger partial charge < -0.3 is 5.11 Å². The Balaban J connectivity index is 1.46. The highest BCUT2D eigenvalue weighted by Crippen LogP contribution is 2.44. The second-order valence-electron chi connectivity index (χ2n) is 10.7. The Hall–Kier alpha value is -2.93. The maximum Gasteiger partial charge on any atom is 0.417 e. The molecule has 0 radical (unpaired) electrons. The van der Waals surface area contributed by atoms with Gasteiger partial charge in [-0.3, -0.25) is 4.90 Å². The Kier molecular flexibility index (Phi) is 8.21. The standard InChI is InChI=1S/C30H30F6N2O3S/c1-19-22(7-6-9-23(19)29(31,32)33)20-11-13-21(14-12-20)28-25-17-37(15-4-5-16-38(25)26(28)18-39)42(40,41)27-10-3-2-8-24(27)30(34,35)36/h2-3,6-14,25-26,28,39H,4-5,15-18H2,1H3/t25-,26+,28-/m0/s1. The van der Waals surface area contributed by atoms with Gasteiger partial charge in [0.2, 0.25) is 10.0 Å². The summed E-state index contributed by atoms with van der Waals surface area (Å²) >= 11 is 0. The van der Waals surface area contributed by atoms with E-state index in [4.69, 9.17) is 0 Å². The second-order valence-corrected chi connectivity index (χ2v) is 12.6. The normalized spacial score (nSPS) is 22.6. The fourth-order valence-corrected chi connectivity index (χ4v) is 8.04. The fraction of sp³-hybridized carbons (Fsp3) is 0.400. The van der Waals surface area contributed by atoms with Crippen LogP contribution in [0.5, 0.6) is 0 Å². The number of hydrogen-bond acceptors (Lipinski definition) is 4. The molecular formula is C30H30F6N2O3S. The molecule has 0 aliphatic carbocycles. The van der Waals surface area contributed by atoms with Crippen LogP contribution >= 0.6 is 0 Å². The Morgan fingerprint density at radius 2 is 1.45 bits per heavy atom. The number of aliphatic hydroxyl groups excluding tert-OH is 1. The van der Waals surface area contributed by atoms with Gasteiger partial charge in [-0.15, -0.1) is 0 Å². The summed E-state index contributed by atoms with van der Waals surface area (Å²) in [5, 5.41) is 10.2. The lowest BCUT2D eigenvalue weighted by molar-refractivity contribution is -0.140. The summed E-state index contributed by atoms with van der Waals surface area (Å²) in [6.45, 7) is 1.80. The summed E-state index contributed by atoms with van der Waals surface area (Å²) in [5.74, 6) is -0.333. The molecule has 2 saturated heterocycles. The highest BCUT2D eigenvalue weighted by molar-refractivity contribution is 7.89. The van der Waals surface area contributed by atoms with Gasteiger partial charge in [0.05, 0.1) is 22.6 Å². The van der Waals surface area contributed by atoms with E-state index in [0.717, 1.165) is 34.1 Å². The first kappa shape index (κ1) is 30.5. The number of alkyl halides is 6. The zero-order valence-corrected chi connectivity index (χ0v) is 23.5. The Morgan fingerprint density at radius 3 is 2.10 bits per heavy atom. The maximum atomic E-state index is 13.7. The lowest BCUT2D eigenvalue weighted by atomic mass is 9.74. The molecule has 0 amide bonds. The van der Waals surface area contributed by atoms with E-state index in [1.165, 1.54) is 19.1 Å². The van der Waals surface area contributed by atoms with E-state index >= 15 is 0 Å². The molecule has 0 unspecified atom stereocenters. The van der Waals surface area contributed by atoms with Crippen molar-refractivity contribution < 1.29 is 39.9 Å². The topological polar surface area (TPSA) is 60.9 Å². The lowest BCUT2D eigenvalue weighted by Gasteiger charge is -2.57. The molecule has 2 aliphatic rings. The molecule has 0 saturated carbocycles. The molecule has 226 valence electrons. The number of rotatable bonds is 5. The van der Waals surface area contributed by atoms with Gasteiger partial charge in [0.15, 0.2) is 0 Å². The third kappa shape index (κ3) is 5.57. The first-order valence-electron chi connectivity index (χ1n) is 13.5. The minimum absolute atomic E-state index is 0.0587. The molecule has 42 heavy (non-hydrogen) atoms. The number of hydrogen-bond donors (Lipinski definition) is 1. The average Bonchev–Trinajstić information content (AvgIpc) is 2.91. The molecule has 5 rings (SSSR count). The van der Waals surface area contributed by atoms with Crippen LogP contribution in [0, 0.1) is 6.92 Å². The summed E-state index contributed by atoms with van der Waals surface area (Å²) in [6.07, 6.45) is -8.29. The van der Waals surface area contributed by atoms with Crippen molar-refractivity contribution in [2.75, 3.05) is 26.2 Å². The van der Waals surface area contributed by atoms with Gasteiger partial charge in [0, 0.05) is 31.1 Å². The van der Waals surface area contributed by atoms with Crippen LogP contribution in [-0.2, 0) is 22.4 Å². The van der Waals surface area contributed by atoms with Gasteiger partial charge in [0.1, 0.15) is 0 Å². The molecule has 0 spiro atoms. The molecule has 0 bridgehead atoms. The highest BCUT2D eigenvalue weighted by atomic mass is 32.2. The minimum Gasteiger partial charge on any atom is -0.395 e. The third-order valence-electron chi connectivity index (χ3n) is 8.39. The van der Waals surface area contributed by atoms with Gasteiger partial charge >= 0.3 is 12.4 Å². The zero-order chi connectivity index (χ0) is 30.4. The van der Waals surface area contributed by atoms with Crippen molar-refractivity contribution >= 4 is 10.0 Å². The SMILES string of the molecule is Cc1c(-c2ccc([C@@H]3[C@@H](CO)N4CCCCN(S(=O)(=O)c5ccccc5C(F)(F)F)C[C@@H]34)cc2)cccc1C(F)(F)F. The van der Waals surface area contributed by atoms with Crippen LogP contribution in [0.3, 0.4) is 0 Å². The van der Waals surface area contributed by atoms with Crippen molar-refractivity contribution in [1.82, 2.24) is 9.21 Å². The van der Waals surface area contributed by atoms with Gasteiger partial charge in [-0.2, -0.15) is 30.6 Å². The van der Waals surface area contributed by atoms with Gasteiger partial charge in [-0.1, -0.05) is 48.5 Å². The molecule has 2 heterocycles. The van der Waals surface area contributed by atoms with E-state index in [-0.39, 0.29) is 37.2 Å². The largest absolute Gasteiger partial charge is 0.417 e. The van der Waals surface area contributed by atoms with E-state index in [9.17, 15) is 39.9 Å². The van der Waals surface area contributed by atoms with Crippen molar-refractivity contribution in [3.8, 4) is 11.1 Å². The molecule has 1 N–H and O–H groups in total. The van der Waals surface area contributed by atoms with Crippen molar-refractivity contribution in [1.29, 1.82) is 0 Å². The number of halogens is 6. The van der Waals surface area contributed by atoms with Crippen LogP contribution in [0.4, 0.5) is 26.3 Å². The predicted octanol–water partition coefficient (Wildman–Crippen LogP) is 6.31. The molecule has 12 heteroatoms. The van der Waals surface area contributed by atoms with Crippen LogP contribution in [-0.4, -0.2) is 61.1 Å². The van der Waals surface area contributed by atoms with E-state index in [0.29, 0.717) is 30.5 Å². The molecule has 0 aromatic heterocycles. The first-order valence-corrected chi connectivity index (χ1v) is 15.0. The number of fused-ring (bicyclic) bond motifs is 1. The lowest BCUT2D eigenvalue weighted by Crippen LogP contribution is -2.67. The Bertz CT molecular complexity index is 1540. The van der Waals surface area contributed by atoms with Crippen LogP contribution in [0.25, 0.3) is 11.1 Å². The summed E-state index contributed by atoms with van der Waals surface area (Å²) in [6, 6.07) is 14.3. The van der Waals surface area contributed by atoms with Crippen molar-refractivity contribution in [2.45, 2.75) is 55.0 Å². The highest BCUT2D eigenvalue weighted by Gasteiger charge is 2.51. The fourth-order valence-electron chi connectivity index (χ4n) is 6.33. The van der Waals surface area contributed by atoms with E-state index < -0.39 is 44.4 Å². The average molecular weight is 613 g/mol. The molecule has 2 aliphatic heterocycles. The smallest absolute Gasteiger partial charge is 0.395 e. The van der Waals surface area contributed by atoms with Crippen molar-refractivity contribution in [3.63, 3.8) is 0 Å². The molecule has 3 aromatic carbocycles. The van der Waals surface area contributed by atoms with E-state index in [1.807, 2.05) is 4.90 Å². The predicted molar refractivity (Wildman–Crippen MR) is 145 cm³/mol. The summed E-state index contributed by atoms with van der Waals surface area (Å²) in [5.41, 5.74) is -0.0792. The number of aliphatic hydroxyl groups is 1. The Labute approximate surface area is 240 Å². The molecule has 3 aromatic rings. The van der Waals surface area contributed by atoms with Gasteiger partial charge in [-0.05, 0) is 66.8 Å². The maximum absolute atomic E-state index is 13.7.